The van der Waals surface area contributed by atoms with Gasteiger partial charge in [0.2, 0.25) is 5.91 Å². The van der Waals surface area contributed by atoms with Crippen molar-refractivity contribution in [2.75, 3.05) is 13.2 Å². The van der Waals surface area contributed by atoms with Crippen LogP contribution in [0.25, 0.3) is 0 Å². The molecule has 6 heteroatoms. The first-order valence-corrected chi connectivity index (χ1v) is 7.05. The maximum atomic E-state index is 12.8. The van der Waals surface area contributed by atoms with E-state index in [1.54, 1.807) is 4.90 Å². The van der Waals surface area contributed by atoms with Gasteiger partial charge in [0.15, 0.2) is 5.84 Å². The molecular formula is C13H23N3O3. The zero-order valence-corrected chi connectivity index (χ0v) is 11.2. The minimum absolute atomic E-state index is 0.0159. The Kier molecular flexibility index (Phi) is 4.29. The number of carbonyl (C=O) groups excluding carboxylic acids is 1. The molecule has 108 valence electrons. The van der Waals surface area contributed by atoms with Crippen LogP contribution in [0, 0.1) is 5.41 Å². The molecule has 2 fully saturated rings. The van der Waals surface area contributed by atoms with E-state index in [1.807, 2.05) is 0 Å². The first kappa shape index (κ1) is 14.1. The van der Waals surface area contributed by atoms with Crippen molar-refractivity contribution in [2.45, 2.75) is 51.0 Å². The Hall–Kier alpha value is -1.30. The number of amidine groups is 1. The SMILES string of the molecule is NC(=NO)C1(C(=O)N2CCCCCC2CO)CCC1. The zero-order valence-electron chi connectivity index (χ0n) is 11.2. The van der Waals surface area contributed by atoms with E-state index < -0.39 is 5.41 Å². The number of likely N-dealkylation sites (tertiary alicyclic amines) is 1. The third kappa shape index (κ3) is 2.41. The average Bonchev–Trinajstić information content (AvgIpc) is 2.61. The first-order valence-electron chi connectivity index (χ1n) is 7.05. The molecule has 0 aromatic rings. The van der Waals surface area contributed by atoms with Crippen LogP contribution in [0.4, 0.5) is 0 Å². The van der Waals surface area contributed by atoms with E-state index in [1.165, 1.54) is 0 Å². The number of aliphatic hydroxyl groups excluding tert-OH is 1. The molecular weight excluding hydrogens is 246 g/mol. The fourth-order valence-corrected chi connectivity index (χ4v) is 3.12. The van der Waals surface area contributed by atoms with Crippen molar-refractivity contribution in [2.24, 2.45) is 16.3 Å². The summed E-state index contributed by atoms with van der Waals surface area (Å²) in [6.45, 7) is 0.641. The minimum Gasteiger partial charge on any atom is -0.409 e. The molecule has 1 aliphatic carbocycles. The Morgan fingerprint density at radius 2 is 2.05 bits per heavy atom. The summed E-state index contributed by atoms with van der Waals surface area (Å²) >= 11 is 0. The lowest BCUT2D eigenvalue weighted by molar-refractivity contribution is -0.145. The number of aliphatic hydroxyl groups is 1. The van der Waals surface area contributed by atoms with Gasteiger partial charge in [-0.05, 0) is 25.7 Å². The Morgan fingerprint density at radius 3 is 2.58 bits per heavy atom. The fourth-order valence-electron chi connectivity index (χ4n) is 3.12. The fraction of sp³-hybridized carbons (Fsp3) is 0.846. The lowest BCUT2D eigenvalue weighted by atomic mass is 9.66. The van der Waals surface area contributed by atoms with Crippen molar-refractivity contribution in [3.05, 3.63) is 0 Å². The maximum absolute atomic E-state index is 12.8. The van der Waals surface area contributed by atoms with Gasteiger partial charge in [-0.1, -0.05) is 24.4 Å². The van der Waals surface area contributed by atoms with Crippen molar-refractivity contribution in [3.63, 3.8) is 0 Å². The second-order valence-corrected chi connectivity index (χ2v) is 5.61. The van der Waals surface area contributed by atoms with Crippen LogP contribution in [0.5, 0.6) is 0 Å². The molecule has 1 atom stereocenters. The van der Waals surface area contributed by atoms with Crippen LogP contribution >= 0.6 is 0 Å². The highest BCUT2D eigenvalue weighted by atomic mass is 16.4. The molecule has 0 radical (unpaired) electrons. The normalized spacial score (nSPS) is 27.5. The predicted molar refractivity (Wildman–Crippen MR) is 70.7 cm³/mol. The highest BCUT2D eigenvalue weighted by molar-refractivity contribution is 6.07. The number of carbonyl (C=O) groups is 1. The van der Waals surface area contributed by atoms with E-state index in [-0.39, 0.29) is 24.4 Å². The first-order chi connectivity index (χ1) is 9.15. The summed E-state index contributed by atoms with van der Waals surface area (Å²) in [6.07, 6.45) is 6.08. The Bertz CT molecular complexity index is 366. The van der Waals surface area contributed by atoms with E-state index in [4.69, 9.17) is 10.9 Å². The van der Waals surface area contributed by atoms with E-state index in [2.05, 4.69) is 5.16 Å². The molecule has 2 rings (SSSR count). The molecule has 1 amide bonds. The number of hydrogen-bond acceptors (Lipinski definition) is 4. The van der Waals surface area contributed by atoms with Gasteiger partial charge in [-0.3, -0.25) is 4.79 Å². The summed E-state index contributed by atoms with van der Waals surface area (Å²) in [5.41, 5.74) is 4.91. The summed E-state index contributed by atoms with van der Waals surface area (Å²) in [6, 6.07) is -0.126. The van der Waals surface area contributed by atoms with E-state index in [0.717, 1.165) is 32.1 Å². The zero-order chi connectivity index (χ0) is 13.9. The summed E-state index contributed by atoms with van der Waals surface area (Å²) in [7, 11) is 0. The lowest BCUT2D eigenvalue weighted by Gasteiger charge is -2.44. The van der Waals surface area contributed by atoms with Gasteiger partial charge in [0, 0.05) is 6.54 Å². The average molecular weight is 269 g/mol. The summed E-state index contributed by atoms with van der Waals surface area (Å²) in [5.74, 6) is -0.0558. The molecule has 0 aromatic carbocycles. The topological polar surface area (TPSA) is 99.2 Å². The Morgan fingerprint density at radius 1 is 1.32 bits per heavy atom. The van der Waals surface area contributed by atoms with Crippen LogP contribution < -0.4 is 5.73 Å². The smallest absolute Gasteiger partial charge is 0.236 e. The van der Waals surface area contributed by atoms with Crippen LogP contribution in [0.1, 0.15) is 44.9 Å². The number of amides is 1. The van der Waals surface area contributed by atoms with E-state index in [9.17, 15) is 9.90 Å². The van der Waals surface area contributed by atoms with Crippen LogP contribution in [0.15, 0.2) is 5.16 Å². The van der Waals surface area contributed by atoms with Gasteiger partial charge >= 0.3 is 0 Å². The van der Waals surface area contributed by atoms with Crippen molar-refractivity contribution >= 4 is 11.7 Å². The molecule has 1 heterocycles. The molecule has 0 bridgehead atoms. The van der Waals surface area contributed by atoms with Gasteiger partial charge < -0.3 is 20.9 Å². The highest BCUT2D eigenvalue weighted by Crippen LogP contribution is 2.43. The molecule has 2 aliphatic rings. The van der Waals surface area contributed by atoms with Gasteiger partial charge in [-0.2, -0.15) is 0 Å². The summed E-state index contributed by atoms with van der Waals surface area (Å²) in [5, 5.41) is 21.4. The number of nitrogens with two attached hydrogens (primary N) is 1. The Labute approximate surface area is 113 Å². The summed E-state index contributed by atoms with van der Waals surface area (Å²) in [4.78, 5) is 14.5. The number of oxime groups is 1. The van der Waals surface area contributed by atoms with Crippen molar-refractivity contribution in [1.82, 2.24) is 4.90 Å². The number of nitrogens with zero attached hydrogens (tertiary/aromatic N) is 2. The van der Waals surface area contributed by atoms with Gasteiger partial charge in [-0.25, -0.2) is 0 Å². The molecule has 1 saturated carbocycles. The molecule has 1 saturated heterocycles. The van der Waals surface area contributed by atoms with Gasteiger partial charge in [0.05, 0.1) is 12.6 Å². The molecule has 0 aromatic heterocycles. The molecule has 1 unspecified atom stereocenters. The summed E-state index contributed by atoms with van der Waals surface area (Å²) < 4.78 is 0. The molecule has 0 spiro atoms. The second kappa shape index (κ2) is 5.77. The third-order valence-corrected chi connectivity index (χ3v) is 4.56. The van der Waals surface area contributed by atoms with Crippen molar-refractivity contribution < 1.29 is 15.1 Å². The van der Waals surface area contributed by atoms with Gasteiger partial charge in [-0.15, -0.1) is 0 Å². The quantitative estimate of drug-likeness (QED) is 0.303. The largest absolute Gasteiger partial charge is 0.409 e. The monoisotopic (exact) mass is 269 g/mol. The molecule has 19 heavy (non-hydrogen) atoms. The van der Waals surface area contributed by atoms with Gasteiger partial charge in [0.1, 0.15) is 5.41 Å². The van der Waals surface area contributed by atoms with Gasteiger partial charge in [0.25, 0.3) is 0 Å². The van der Waals surface area contributed by atoms with Crippen LogP contribution in [-0.2, 0) is 4.79 Å². The minimum atomic E-state index is -0.827. The number of rotatable bonds is 3. The van der Waals surface area contributed by atoms with E-state index >= 15 is 0 Å². The second-order valence-electron chi connectivity index (χ2n) is 5.61. The lowest BCUT2D eigenvalue weighted by Crippen LogP contribution is -2.57. The highest BCUT2D eigenvalue weighted by Gasteiger charge is 2.51. The molecule has 6 nitrogen and oxygen atoms in total. The van der Waals surface area contributed by atoms with Crippen LogP contribution in [0.3, 0.4) is 0 Å². The van der Waals surface area contributed by atoms with Crippen molar-refractivity contribution in [1.29, 1.82) is 0 Å². The Balaban J connectivity index is 2.20. The number of hydrogen-bond donors (Lipinski definition) is 3. The van der Waals surface area contributed by atoms with Crippen LogP contribution in [0.2, 0.25) is 0 Å². The van der Waals surface area contributed by atoms with Crippen molar-refractivity contribution in [3.8, 4) is 0 Å². The third-order valence-electron chi connectivity index (χ3n) is 4.56. The van der Waals surface area contributed by atoms with E-state index in [0.29, 0.717) is 19.4 Å². The molecule has 4 N–H and O–H groups in total. The van der Waals surface area contributed by atoms with Crippen LogP contribution in [-0.4, -0.2) is 46.1 Å². The predicted octanol–water partition coefficient (Wildman–Crippen LogP) is 0.667. The molecule has 1 aliphatic heterocycles. The maximum Gasteiger partial charge on any atom is 0.236 e. The standard InChI is InChI=1S/C13H23N3O3/c14-11(15-19)13(6-4-7-13)12(18)16-8-3-1-2-5-10(16)9-17/h10,17,19H,1-9H2,(H2,14,15).